The molecule has 0 saturated carbocycles. The highest BCUT2D eigenvalue weighted by Crippen LogP contribution is 2.28. The van der Waals surface area contributed by atoms with E-state index in [-0.39, 0.29) is 11.9 Å². The lowest BCUT2D eigenvalue weighted by Crippen LogP contribution is -2.66. The molecule has 2 unspecified atom stereocenters. The number of hydrogen-bond acceptors (Lipinski definition) is 8. The molecule has 0 aromatic carbocycles. The summed E-state index contributed by atoms with van der Waals surface area (Å²) in [5.41, 5.74) is -1.23. The van der Waals surface area contributed by atoms with E-state index in [0.29, 0.717) is 12.3 Å². The molecular formula is C18H34N2O7S. The SMILES string of the molecule is CCC[C@H]1C[C@H](C(=O)NC([C@H]2O[C@H](S(C)=O)[C@H](O)[C@@H](O)[C@H]2O)[C@@H](C)O)N(C)C1. The van der Waals surface area contributed by atoms with Crippen LogP contribution >= 0.6 is 0 Å². The van der Waals surface area contributed by atoms with Crippen LogP contribution in [0.25, 0.3) is 0 Å². The molecule has 10 atom stereocenters. The summed E-state index contributed by atoms with van der Waals surface area (Å²) >= 11 is 0. The summed E-state index contributed by atoms with van der Waals surface area (Å²) in [6.07, 6.45) is -2.90. The van der Waals surface area contributed by atoms with Gasteiger partial charge in [-0.1, -0.05) is 13.3 Å². The summed E-state index contributed by atoms with van der Waals surface area (Å²) in [7, 11) is 0.233. The van der Waals surface area contributed by atoms with E-state index < -0.39 is 52.8 Å². The third kappa shape index (κ3) is 5.10. The molecule has 2 aliphatic heterocycles. The van der Waals surface area contributed by atoms with Crippen molar-refractivity contribution in [2.24, 2.45) is 5.92 Å². The maximum atomic E-state index is 12.9. The van der Waals surface area contributed by atoms with E-state index in [1.807, 2.05) is 11.9 Å². The second kappa shape index (κ2) is 9.92. The van der Waals surface area contributed by atoms with Crippen LogP contribution in [0.4, 0.5) is 0 Å². The van der Waals surface area contributed by atoms with Gasteiger partial charge in [0.05, 0.1) is 29.0 Å². The summed E-state index contributed by atoms with van der Waals surface area (Å²) in [5, 5.41) is 43.4. The molecule has 10 heteroatoms. The molecule has 0 aromatic rings. The molecule has 164 valence electrons. The van der Waals surface area contributed by atoms with Gasteiger partial charge in [-0.15, -0.1) is 0 Å². The highest BCUT2D eigenvalue weighted by Gasteiger charge is 2.49. The Morgan fingerprint density at radius 1 is 1.29 bits per heavy atom. The molecule has 2 heterocycles. The van der Waals surface area contributed by atoms with Crippen molar-refractivity contribution in [1.82, 2.24) is 10.2 Å². The zero-order valence-electron chi connectivity index (χ0n) is 16.9. The van der Waals surface area contributed by atoms with Crippen molar-refractivity contribution in [1.29, 1.82) is 0 Å². The standard InChI is InChI=1S/C18H34N2O7S/c1-5-6-10-7-11(20(3)8-10)17(25)19-12(9(2)21)16-14(23)13(22)15(24)18(27-16)28(4)26/h9-16,18,21-24H,5-8H2,1-4H3,(H,19,25)/t9-,10+,11-,12?,13+,14-,15-,16-,18-,28?/m1/s1. The summed E-state index contributed by atoms with van der Waals surface area (Å²) in [6, 6.07) is -1.39. The van der Waals surface area contributed by atoms with Crippen molar-refractivity contribution in [2.45, 2.75) is 81.1 Å². The zero-order valence-corrected chi connectivity index (χ0v) is 17.7. The number of carbonyl (C=O) groups is 1. The predicted octanol–water partition coefficient (Wildman–Crippen LogP) is -1.84. The first-order valence-corrected chi connectivity index (χ1v) is 11.4. The van der Waals surface area contributed by atoms with Crippen LogP contribution in [0.15, 0.2) is 0 Å². The van der Waals surface area contributed by atoms with E-state index in [4.69, 9.17) is 4.74 Å². The molecule has 1 amide bonds. The van der Waals surface area contributed by atoms with Crippen LogP contribution in [0.3, 0.4) is 0 Å². The van der Waals surface area contributed by atoms with Crippen molar-refractivity contribution in [3.63, 3.8) is 0 Å². The van der Waals surface area contributed by atoms with Crippen molar-refractivity contribution in [3.05, 3.63) is 0 Å². The van der Waals surface area contributed by atoms with Crippen LogP contribution in [-0.2, 0) is 20.3 Å². The first-order valence-electron chi connectivity index (χ1n) is 9.79. The second-order valence-electron chi connectivity index (χ2n) is 8.06. The van der Waals surface area contributed by atoms with Crippen molar-refractivity contribution in [3.8, 4) is 0 Å². The smallest absolute Gasteiger partial charge is 0.237 e. The number of aliphatic hydroxyl groups is 4. The summed E-state index contributed by atoms with van der Waals surface area (Å²) in [6.45, 7) is 4.36. The molecule has 2 fully saturated rings. The second-order valence-corrected chi connectivity index (χ2v) is 9.52. The Hall–Kier alpha value is -0.620. The minimum atomic E-state index is -1.64. The average molecular weight is 423 g/mol. The summed E-state index contributed by atoms with van der Waals surface area (Å²) < 4.78 is 17.4. The lowest BCUT2D eigenvalue weighted by Gasteiger charge is -2.43. The van der Waals surface area contributed by atoms with Gasteiger partial charge in [0.15, 0.2) is 5.44 Å². The molecule has 2 saturated heterocycles. The molecule has 0 bridgehead atoms. The first kappa shape index (κ1) is 23.7. The summed E-state index contributed by atoms with van der Waals surface area (Å²) in [5.74, 6) is 0.133. The number of ether oxygens (including phenoxy) is 1. The van der Waals surface area contributed by atoms with Gasteiger partial charge in [-0.25, -0.2) is 0 Å². The minimum Gasteiger partial charge on any atom is -0.391 e. The molecule has 0 radical (unpaired) electrons. The fourth-order valence-corrected chi connectivity index (χ4v) is 5.05. The molecule has 2 aliphatic rings. The number of amides is 1. The Morgan fingerprint density at radius 3 is 2.46 bits per heavy atom. The van der Waals surface area contributed by atoms with Crippen molar-refractivity contribution >= 4 is 16.7 Å². The van der Waals surface area contributed by atoms with Crippen LogP contribution in [0.1, 0.15) is 33.1 Å². The van der Waals surface area contributed by atoms with Gasteiger partial charge in [-0.3, -0.25) is 13.9 Å². The predicted molar refractivity (Wildman–Crippen MR) is 104 cm³/mol. The number of likely N-dealkylation sites (N-methyl/N-ethyl adjacent to an activating group) is 1. The third-order valence-corrected chi connectivity index (χ3v) is 6.79. The maximum Gasteiger partial charge on any atom is 0.237 e. The largest absolute Gasteiger partial charge is 0.391 e. The van der Waals surface area contributed by atoms with Crippen LogP contribution < -0.4 is 5.32 Å². The topological polar surface area (TPSA) is 140 Å². The number of nitrogens with zero attached hydrogens (tertiary/aromatic N) is 1. The average Bonchev–Trinajstić information content (AvgIpc) is 2.98. The molecular weight excluding hydrogens is 388 g/mol. The van der Waals surface area contributed by atoms with Gasteiger partial charge < -0.3 is 30.5 Å². The lowest BCUT2D eigenvalue weighted by atomic mass is 9.92. The highest BCUT2D eigenvalue weighted by atomic mass is 32.2. The van der Waals surface area contributed by atoms with Gasteiger partial charge in [-0.2, -0.15) is 0 Å². The zero-order chi connectivity index (χ0) is 21.2. The molecule has 5 N–H and O–H groups in total. The molecule has 0 aliphatic carbocycles. The van der Waals surface area contributed by atoms with Crippen LogP contribution in [0.5, 0.6) is 0 Å². The molecule has 9 nitrogen and oxygen atoms in total. The Labute approximate surface area is 168 Å². The van der Waals surface area contributed by atoms with E-state index in [0.717, 1.165) is 19.4 Å². The molecule has 28 heavy (non-hydrogen) atoms. The van der Waals surface area contributed by atoms with Gasteiger partial charge in [0, 0.05) is 12.8 Å². The van der Waals surface area contributed by atoms with Crippen molar-refractivity contribution in [2.75, 3.05) is 19.8 Å². The number of nitrogens with one attached hydrogen (secondary N) is 1. The number of rotatable bonds is 7. The number of hydrogen-bond donors (Lipinski definition) is 5. The van der Waals surface area contributed by atoms with Crippen LogP contribution in [0.2, 0.25) is 0 Å². The first-order chi connectivity index (χ1) is 13.1. The van der Waals surface area contributed by atoms with E-state index in [1.54, 1.807) is 0 Å². The highest BCUT2D eigenvalue weighted by molar-refractivity contribution is 7.84. The van der Waals surface area contributed by atoms with E-state index in [1.165, 1.54) is 13.2 Å². The quantitative estimate of drug-likeness (QED) is 0.322. The normalized spacial score (nSPS) is 40.1. The Bertz CT molecular complexity index is 564. The van der Waals surface area contributed by atoms with Crippen molar-refractivity contribution < 1.29 is 34.2 Å². The minimum absolute atomic E-state index is 0.294. The molecule has 0 spiro atoms. The lowest BCUT2D eigenvalue weighted by molar-refractivity contribution is -0.212. The van der Waals surface area contributed by atoms with Gasteiger partial charge in [0.1, 0.15) is 24.4 Å². The Balaban J connectivity index is 2.14. The fourth-order valence-electron chi connectivity index (χ4n) is 4.21. The van der Waals surface area contributed by atoms with Gasteiger partial charge in [0.2, 0.25) is 5.91 Å². The van der Waals surface area contributed by atoms with Gasteiger partial charge >= 0.3 is 0 Å². The number of aliphatic hydroxyl groups excluding tert-OH is 4. The third-order valence-electron chi connectivity index (χ3n) is 5.75. The number of likely N-dealkylation sites (tertiary alicyclic amines) is 1. The Kier molecular flexibility index (Phi) is 8.38. The number of carbonyl (C=O) groups excluding carboxylic acids is 1. The van der Waals surface area contributed by atoms with Gasteiger partial charge in [0.25, 0.3) is 0 Å². The van der Waals surface area contributed by atoms with E-state index >= 15 is 0 Å². The maximum absolute atomic E-state index is 12.9. The van der Waals surface area contributed by atoms with E-state index in [9.17, 15) is 29.4 Å². The molecule has 0 aromatic heterocycles. The summed E-state index contributed by atoms with van der Waals surface area (Å²) in [4.78, 5) is 14.8. The Morgan fingerprint density at radius 2 is 1.93 bits per heavy atom. The fraction of sp³-hybridized carbons (Fsp3) is 0.944. The van der Waals surface area contributed by atoms with E-state index in [2.05, 4.69) is 12.2 Å². The van der Waals surface area contributed by atoms with Crippen LogP contribution in [-0.4, -0.2) is 103 Å². The van der Waals surface area contributed by atoms with Crippen LogP contribution in [0, 0.1) is 5.92 Å². The van der Waals surface area contributed by atoms with Gasteiger partial charge in [-0.05, 0) is 32.7 Å². The molecule has 2 rings (SSSR count). The monoisotopic (exact) mass is 422 g/mol.